The zero-order valence-electron chi connectivity index (χ0n) is 48.1. The lowest BCUT2D eigenvalue weighted by molar-refractivity contribution is 0.332. The molecule has 4 heteroatoms. The molecule has 6 aliphatic rings. The summed E-state index contributed by atoms with van der Waals surface area (Å²) >= 11 is 0. The molecular weight excluding hydrogens is 896 g/mol. The maximum Gasteiger partial charge on any atom is 0.297 e. The second-order valence-electron chi connectivity index (χ2n) is 29.8. The molecule has 74 heavy (non-hydrogen) atoms. The number of hydrogen-bond donors (Lipinski definition) is 0. The summed E-state index contributed by atoms with van der Waals surface area (Å²) in [7, 11) is 0. The van der Waals surface area contributed by atoms with E-state index in [2.05, 4.69) is 225 Å². The van der Waals surface area contributed by atoms with Crippen molar-refractivity contribution < 1.29 is 4.42 Å². The Morgan fingerprint density at radius 2 is 1.00 bits per heavy atom. The molecule has 0 N–H and O–H groups in total. The summed E-state index contributed by atoms with van der Waals surface area (Å²) in [5.41, 5.74) is 28.1. The van der Waals surface area contributed by atoms with Gasteiger partial charge in [-0.1, -0.05) is 159 Å². The van der Waals surface area contributed by atoms with E-state index < -0.39 is 0 Å². The molecule has 2 unspecified atom stereocenters. The van der Waals surface area contributed by atoms with E-state index in [-0.39, 0.29) is 50.0 Å². The van der Waals surface area contributed by atoms with Crippen molar-refractivity contribution in [2.45, 2.75) is 206 Å². The van der Waals surface area contributed by atoms with Gasteiger partial charge in [-0.25, -0.2) is 0 Å². The molecule has 0 saturated heterocycles. The van der Waals surface area contributed by atoms with E-state index >= 15 is 0 Å². The Kier molecular flexibility index (Phi) is 9.72. The Morgan fingerprint density at radius 3 is 1.57 bits per heavy atom. The van der Waals surface area contributed by atoms with E-state index in [0.717, 1.165) is 36.9 Å². The fourth-order valence-electron chi connectivity index (χ4n) is 15.6. The van der Waals surface area contributed by atoms with Gasteiger partial charge in [-0.3, -0.25) is 0 Å². The Morgan fingerprint density at radius 1 is 0.473 bits per heavy atom. The molecule has 4 aliphatic carbocycles. The number of hydrogen-bond acceptors (Lipinski definition) is 3. The maximum atomic E-state index is 7.88. The SMILES string of the molecule is Cc1cc(C(C)(C)C)ccc1N1c2cc3c(cc2B2c4oc5cc6c(cc5c4N(c4cc5c(cc4-c4ccccc4)C(C)(C)CCC5(C)C)c4cc(C(C)(C)C)cc1c42)C1(C)CCC6(C)C1)C(C)(C)CCC3(C)C. The van der Waals surface area contributed by atoms with Gasteiger partial charge in [0.05, 0.1) is 17.0 Å². The molecule has 3 nitrogen and oxygen atoms in total. The zero-order chi connectivity index (χ0) is 52.4. The Labute approximate surface area is 444 Å². The van der Waals surface area contributed by atoms with Gasteiger partial charge < -0.3 is 14.2 Å². The topological polar surface area (TPSA) is 19.6 Å². The summed E-state index contributed by atoms with van der Waals surface area (Å²) in [6, 6.07) is 39.6. The molecule has 13 rings (SSSR count). The van der Waals surface area contributed by atoms with Crippen molar-refractivity contribution in [3.05, 3.63) is 147 Å². The summed E-state index contributed by atoms with van der Waals surface area (Å²) in [5, 5.41) is 1.25. The molecule has 0 spiro atoms. The van der Waals surface area contributed by atoms with Crippen LogP contribution < -0.4 is 26.4 Å². The first-order valence-electron chi connectivity index (χ1n) is 28.5. The first-order chi connectivity index (χ1) is 34.5. The third-order valence-electron chi connectivity index (χ3n) is 20.5. The number of furan rings is 1. The van der Waals surface area contributed by atoms with Crippen LogP contribution in [0, 0.1) is 6.92 Å². The van der Waals surface area contributed by atoms with Gasteiger partial charge in [0.25, 0.3) is 6.71 Å². The lowest BCUT2D eigenvalue weighted by atomic mass is 9.35. The van der Waals surface area contributed by atoms with Crippen molar-refractivity contribution in [1.82, 2.24) is 0 Å². The zero-order valence-corrected chi connectivity index (χ0v) is 48.1. The Balaban J connectivity index is 1.22. The predicted molar refractivity (Wildman–Crippen MR) is 317 cm³/mol. The van der Waals surface area contributed by atoms with Crippen molar-refractivity contribution in [3.63, 3.8) is 0 Å². The number of benzene rings is 6. The van der Waals surface area contributed by atoms with Crippen molar-refractivity contribution >= 4 is 68.4 Å². The minimum Gasteiger partial charge on any atom is -0.468 e. The molecule has 0 amide bonds. The quantitative estimate of drug-likeness (QED) is 0.165. The fourth-order valence-corrected chi connectivity index (χ4v) is 15.6. The van der Waals surface area contributed by atoms with Crippen molar-refractivity contribution in [1.29, 1.82) is 0 Å². The van der Waals surface area contributed by atoms with E-state index in [9.17, 15) is 0 Å². The molecule has 1 saturated carbocycles. The number of fused-ring (bicyclic) bond motifs is 13. The average molecular weight is 977 g/mol. The second-order valence-corrected chi connectivity index (χ2v) is 29.8. The standard InChI is InChI=1S/C70H81BN2O/c1-41-31-43(63(2,3)4)23-24-54(41)72-56-38-50-48(66(10,11)26-28-68(50,14)15)36-53(56)71-60-57(72)32-44(64(5,6)7)33-58(60)73(61-46-35-51-52(39-59(46)74-62(61)71)70(17)30-29-69(51,16)40-70)55-37-49-47(65(8,9)25-27-67(49,12)13)34-45(55)42-21-19-18-20-22-42/h18-24,31-39H,25-30,40H2,1-17H3. The maximum absolute atomic E-state index is 7.88. The highest BCUT2D eigenvalue weighted by Gasteiger charge is 2.55. The van der Waals surface area contributed by atoms with Gasteiger partial charge in [0.1, 0.15) is 5.58 Å². The van der Waals surface area contributed by atoms with Gasteiger partial charge in [0.2, 0.25) is 0 Å². The van der Waals surface area contributed by atoms with Crippen LogP contribution in [-0.4, -0.2) is 6.71 Å². The van der Waals surface area contributed by atoms with Gasteiger partial charge >= 0.3 is 0 Å². The molecule has 0 radical (unpaired) electrons. The first-order valence-corrected chi connectivity index (χ1v) is 28.5. The minimum absolute atomic E-state index is 0.00261. The van der Waals surface area contributed by atoms with Crippen LogP contribution in [0.15, 0.2) is 101 Å². The summed E-state index contributed by atoms with van der Waals surface area (Å²) < 4.78 is 7.88. The van der Waals surface area contributed by atoms with Gasteiger partial charge in [-0.2, -0.15) is 0 Å². The summed E-state index contributed by atoms with van der Waals surface area (Å²) in [6.45, 7) is 41.4. The van der Waals surface area contributed by atoms with Crippen LogP contribution in [0.3, 0.4) is 0 Å². The fraction of sp³-hybridized carbons (Fsp3) is 0.457. The highest BCUT2D eigenvalue weighted by molar-refractivity contribution is 7.00. The van der Waals surface area contributed by atoms with Gasteiger partial charge in [0, 0.05) is 33.7 Å². The highest BCUT2D eigenvalue weighted by atomic mass is 16.3. The Hall–Kier alpha value is -5.48. The number of nitrogens with zero attached hydrogens (tertiary/aromatic N) is 2. The second kappa shape index (κ2) is 14.9. The van der Waals surface area contributed by atoms with Gasteiger partial charge in [-0.05, 0) is 210 Å². The molecule has 2 bridgehead atoms. The van der Waals surface area contributed by atoms with Gasteiger partial charge in [-0.15, -0.1) is 0 Å². The van der Waals surface area contributed by atoms with E-state index in [1.54, 1.807) is 0 Å². The first kappa shape index (κ1) is 48.2. The molecule has 380 valence electrons. The predicted octanol–water partition coefficient (Wildman–Crippen LogP) is 17.5. The van der Waals surface area contributed by atoms with Crippen LogP contribution in [0.4, 0.5) is 34.1 Å². The normalized spacial score (nSPS) is 23.3. The number of rotatable bonds is 3. The molecule has 2 atom stereocenters. The lowest BCUT2D eigenvalue weighted by Gasteiger charge is -2.47. The third-order valence-corrected chi connectivity index (χ3v) is 20.5. The van der Waals surface area contributed by atoms with Crippen molar-refractivity contribution in [2.75, 3.05) is 9.80 Å². The molecule has 6 aromatic carbocycles. The average Bonchev–Trinajstić information content (AvgIpc) is 3.94. The molecule has 3 heterocycles. The van der Waals surface area contributed by atoms with Crippen molar-refractivity contribution in [2.24, 2.45) is 0 Å². The Bertz CT molecular complexity index is 3570. The number of anilines is 6. The smallest absolute Gasteiger partial charge is 0.297 e. The molecule has 1 aromatic heterocycles. The van der Waals surface area contributed by atoms with Crippen LogP contribution in [0.5, 0.6) is 0 Å². The summed E-state index contributed by atoms with van der Waals surface area (Å²) in [6.07, 6.45) is 8.31. The van der Waals surface area contributed by atoms with Crippen LogP contribution >= 0.6 is 0 Å². The lowest BCUT2D eigenvalue weighted by Crippen LogP contribution is -2.61. The van der Waals surface area contributed by atoms with Crippen LogP contribution in [0.25, 0.3) is 22.1 Å². The summed E-state index contributed by atoms with van der Waals surface area (Å²) in [5.74, 6) is 0. The van der Waals surface area contributed by atoms with E-state index in [1.165, 1.54) is 131 Å². The largest absolute Gasteiger partial charge is 0.468 e. The summed E-state index contributed by atoms with van der Waals surface area (Å²) in [4.78, 5) is 5.45. The van der Waals surface area contributed by atoms with E-state index in [1.807, 2.05) is 0 Å². The van der Waals surface area contributed by atoms with E-state index in [4.69, 9.17) is 4.42 Å². The van der Waals surface area contributed by atoms with Gasteiger partial charge in [0.15, 0.2) is 0 Å². The molecule has 2 aliphatic heterocycles. The molecule has 7 aromatic rings. The third kappa shape index (κ3) is 6.70. The van der Waals surface area contributed by atoms with Crippen LogP contribution in [0.1, 0.15) is 206 Å². The highest BCUT2D eigenvalue weighted by Crippen LogP contribution is 2.63. The monoisotopic (exact) mass is 977 g/mol. The van der Waals surface area contributed by atoms with Crippen molar-refractivity contribution in [3.8, 4) is 11.1 Å². The molecule has 1 fully saturated rings. The minimum atomic E-state index is -0.154. The number of aryl methyl sites for hydroxylation is 1. The van der Waals surface area contributed by atoms with E-state index in [0.29, 0.717) is 0 Å². The van der Waals surface area contributed by atoms with Crippen LogP contribution in [-0.2, 0) is 43.3 Å². The molecular formula is C70H81BN2O. The van der Waals surface area contributed by atoms with Crippen LogP contribution in [0.2, 0.25) is 0 Å².